The van der Waals surface area contributed by atoms with Crippen molar-refractivity contribution in [3.63, 3.8) is 0 Å². The van der Waals surface area contributed by atoms with Gasteiger partial charge in [0.2, 0.25) is 0 Å². The van der Waals surface area contributed by atoms with Crippen LogP contribution in [0.3, 0.4) is 0 Å². The Morgan fingerprint density at radius 2 is 1.30 bits per heavy atom. The summed E-state index contributed by atoms with van der Waals surface area (Å²) in [5, 5.41) is 0. The third-order valence-electron chi connectivity index (χ3n) is 4.90. The van der Waals surface area contributed by atoms with E-state index in [4.69, 9.17) is 0 Å². The molecular weight excluding hydrogens is 256 g/mol. The summed E-state index contributed by atoms with van der Waals surface area (Å²) < 4.78 is 0. The van der Waals surface area contributed by atoms with Crippen LogP contribution in [-0.4, -0.2) is 9.52 Å². The summed E-state index contributed by atoms with van der Waals surface area (Å²) in [5.74, 6) is 1.11. The van der Waals surface area contributed by atoms with E-state index < -0.39 is 0 Å². The molecule has 0 saturated heterocycles. The molecule has 0 spiro atoms. The first-order chi connectivity index (χ1) is 9.93. The van der Waals surface area contributed by atoms with Gasteiger partial charge in [-0.15, -0.1) is 0 Å². The van der Waals surface area contributed by atoms with Crippen LogP contribution in [0, 0.1) is 5.92 Å². The van der Waals surface area contributed by atoms with Gasteiger partial charge in [-0.3, -0.25) is 0 Å². The van der Waals surface area contributed by atoms with Crippen molar-refractivity contribution in [3.8, 4) is 0 Å². The van der Waals surface area contributed by atoms with Gasteiger partial charge in [-0.05, 0) is 5.92 Å². The van der Waals surface area contributed by atoms with Crippen LogP contribution in [0.25, 0.3) is 0 Å². The fourth-order valence-corrected chi connectivity index (χ4v) is 4.74. The normalized spacial score (nSPS) is 16.6. The van der Waals surface area contributed by atoms with Crippen molar-refractivity contribution in [2.45, 2.75) is 115 Å². The first kappa shape index (κ1) is 18.3. The predicted molar refractivity (Wildman–Crippen MR) is 93.8 cm³/mol. The highest BCUT2D eigenvalue weighted by atomic mass is 28.2. The van der Waals surface area contributed by atoms with Gasteiger partial charge >= 0.3 is 0 Å². The molecule has 0 unspecified atom stereocenters. The molecule has 1 fully saturated rings. The molecule has 1 aliphatic rings. The maximum absolute atomic E-state index is 2.30. The van der Waals surface area contributed by atoms with Gasteiger partial charge in [0, 0.05) is 9.52 Å². The predicted octanol–water partition coefficient (Wildman–Crippen LogP) is 7.03. The largest absolute Gasteiger partial charge is 0.0654 e. The number of hydrogen-bond acceptors (Lipinski definition) is 0. The zero-order valence-electron chi connectivity index (χ0n) is 14.1. The van der Waals surface area contributed by atoms with Gasteiger partial charge < -0.3 is 0 Å². The molecule has 0 amide bonds. The molecule has 20 heavy (non-hydrogen) atoms. The molecule has 2 radical (unpaired) electrons. The quantitative estimate of drug-likeness (QED) is 0.253. The minimum atomic E-state index is 1.11. The first-order valence-electron chi connectivity index (χ1n) is 9.64. The summed E-state index contributed by atoms with van der Waals surface area (Å²) in [6, 6.07) is 3.05. The number of hydrogen-bond donors (Lipinski definition) is 0. The average Bonchev–Trinajstić information content (AvgIpc) is 2.49. The highest BCUT2D eigenvalue weighted by Crippen LogP contribution is 2.28. The highest BCUT2D eigenvalue weighted by Gasteiger charge is 2.12. The van der Waals surface area contributed by atoms with Crippen LogP contribution in [-0.2, 0) is 0 Å². The summed E-state index contributed by atoms with van der Waals surface area (Å²) >= 11 is 0. The van der Waals surface area contributed by atoms with E-state index in [1.54, 1.807) is 19.3 Å². The second-order valence-corrected chi connectivity index (χ2v) is 8.37. The molecule has 0 aliphatic heterocycles. The van der Waals surface area contributed by atoms with Crippen LogP contribution < -0.4 is 0 Å². The molecule has 1 aliphatic carbocycles. The Morgan fingerprint density at radius 3 is 2.00 bits per heavy atom. The van der Waals surface area contributed by atoms with Crippen molar-refractivity contribution in [3.05, 3.63) is 0 Å². The van der Waals surface area contributed by atoms with Crippen LogP contribution in [0.2, 0.25) is 12.1 Å². The minimum absolute atomic E-state index is 1.11. The lowest BCUT2D eigenvalue weighted by molar-refractivity contribution is 0.329. The van der Waals surface area contributed by atoms with E-state index in [1.165, 1.54) is 98.7 Å². The Balaban J connectivity index is 1.70. The van der Waals surface area contributed by atoms with Crippen molar-refractivity contribution in [2.75, 3.05) is 0 Å². The molecule has 0 N–H and O–H groups in total. The molecule has 1 heteroatoms. The molecule has 118 valence electrons. The van der Waals surface area contributed by atoms with Crippen molar-refractivity contribution in [1.29, 1.82) is 0 Å². The van der Waals surface area contributed by atoms with Crippen molar-refractivity contribution >= 4 is 9.52 Å². The summed E-state index contributed by atoms with van der Waals surface area (Å²) in [7, 11) is 1.26. The molecule has 0 bridgehead atoms. The summed E-state index contributed by atoms with van der Waals surface area (Å²) in [6.07, 6.45) is 22.5. The molecule has 0 heterocycles. The average molecular weight is 295 g/mol. The van der Waals surface area contributed by atoms with Crippen LogP contribution in [0.1, 0.15) is 103 Å². The monoisotopic (exact) mass is 294 g/mol. The van der Waals surface area contributed by atoms with Gasteiger partial charge in [-0.2, -0.15) is 0 Å². The topological polar surface area (TPSA) is 0 Å². The standard InChI is InChI=1S/C19H38Si/c1-2-3-4-5-6-12-17-20-18-13-8-11-16-19-14-9-7-10-15-19/h19H,2-18H2,1H3. The Kier molecular flexibility index (Phi) is 12.9. The van der Waals surface area contributed by atoms with E-state index in [0.717, 1.165) is 5.92 Å². The molecular formula is C19H38Si. The lowest BCUT2D eigenvalue weighted by atomic mass is 9.86. The minimum Gasteiger partial charge on any atom is -0.0654 e. The molecule has 0 aromatic rings. The van der Waals surface area contributed by atoms with Crippen LogP contribution in [0.15, 0.2) is 0 Å². The summed E-state index contributed by atoms with van der Waals surface area (Å²) in [4.78, 5) is 0. The summed E-state index contributed by atoms with van der Waals surface area (Å²) in [6.45, 7) is 2.30. The Hall–Kier alpha value is 0.217. The van der Waals surface area contributed by atoms with E-state index in [9.17, 15) is 0 Å². The summed E-state index contributed by atoms with van der Waals surface area (Å²) in [5.41, 5.74) is 0. The van der Waals surface area contributed by atoms with E-state index in [2.05, 4.69) is 6.92 Å². The molecule has 0 aromatic heterocycles. The van der Waals surface area contributed by atoms with Crippen LogP contribution in [0.5, 0.6) is 0 Å². The molecule has 1 rings (SSSR count). The molecule has 0 aromatic carbocycles. The lowest BCUT2D eigenvalue weighted by Crippen LogP contribution is -2.05. The SMILES string of the molecule is CCCCCCCC[Si]CCCCCC1CCCCC1. The second kappa shape index (κ2) is 14.2. The van der Waals surface area contributed by atoms with Crippen molar-refractivity contribution in [2.24, 2.45) is 5.92 Å². The third kappa shape index (κ3) is 10.9. The van der Waals surface area contributed by atoms with Gasteiger partial charge in [-0.1, -0.05) is 115 Å². The fraction of sp³-hybridized carbons (Fsp3) is 1.00. The lowest BCUT2D eigenvalue weighted by Gasteiger charge is -2.21. The van der Waals surface area contributed by atoms with Crippen molar-refractivity contribution in [1.82, 2.24) is 0 Å². The Bertz CT molecular complexity index is 184. The zero-order chi connectivity index (χ0) is 14.3. The molecule has 1 saturated carbocycles. The van der Waals surface area contributed by atoms with E-state index >= 15 is 0 Å². The molecule has 0 nitrogen and oxygen atoms in total. The second-order valence-electron chi connectivity index (χ2n) is 6.87. The number of rotatable bonds is 13. The van der Waals surface area contributed by atoms with Gasteiger partial charge in [0.05, 0.1) is 0 Å². The Morgan fingerprint density at radius 1 is 0.700 bits per heavy atom. The van der Waals surface area contributed by atoms with Crippen LogP contribution >= 0.6 is 0 Å². The van der Waals surface area contributed by atoms with Gasteiger partial charge in [0.1, 0.15) is 0 Å². The van der Waals surface area contributed by atoms with Gasteiger partial charge in [-0.25, -0.2) is 0 Å². The molecule has 0 atom stereocenters. The van der Waals surface area contributed by atoms with E-state index in [0.29, 0.717) is 0 Å². The smallest absolute Gasteiger partial charge is 0.0378 e. The van der Waals surface area contributed by atoms with Gasteiger partial charge in [0.15, 0.2) is 0 Å². The first-order valence-corrected chi connectivity index (χ1v) is 11.1. The highest BCUT2D eigenvalue weighted by molar-refractivity contribution is 6.35. The van der Waals surface area contributed by atoms with E-state index in [-0.39, 0.29) is 0 Å². The van der Waals surface area contributed by atoms with E-state index in [1.807, 2.05) is 0 Å². The zero-order valence-corrected chi connectivity index (χ0v) is 15.1. The van der Waals surface area contributed by atoms with Crippen LogP contribution in [0.4, 0.5) is 0 Å². The third-order valence-corrected chi connectivity index (χ3v) is 6.31. The van der Waals surface area contributed by atoms with Gasteiger partial charge in [0.25, 0.3) is 0 Å². The Labute approximate surface area is 131 Å². The van der Waals surface area contributed by atoms with Crippen molar-refractivity contribution < 1.29 is 0 Å². The maximum atomic E-state index is 2.30. The maximum Gasteiger partial charge on any atom is 0.0378 e. The number of unbranched alkanes of at least 4 members (excludes halogenated alkanes) is 7. The fourth-order valence-electron chi connectivity index (χ4n) is 3.49.